The minimum atomic E-state index is -3.59. The summed E-state index contributed by atoms with van der Waals surface area (Å²) in [4.78, 5) is 11.6. The molecule has 0 aliphatic heterocycles. The number of ether oxygens (including phenoxy) is 1. The standard InChI is InChI=1S/C13H18ClNO4S/c1-4-19-13(16)9-15(20(17,18)5-2)12-8-6-7-11(14)10(12)3/h6-8H,4-5,9H2,1-3H3. The topological polar surface area (TPSA) is 63.7 Å². The second-order valence-electron chi connectivity index (χ2n) is 4.10. The molecular formula is C13H18ClNO4S. The Kier molecular flexibility index (Phi) is 5.83. The zero-order chi connectivity index (χ0) is 15.3. The summed E-state index contributed by atoms with van der Waals surface area (Å²) in [6.45, 7) is 4.74. The normalized spacial score (nSPS) is 11.2. The van der Waals surface area contributed by atoms with E-state index in [1.54, 1.807) is 32.0 Å². The number of hydrogen-bond acceptors (Lipinski definition) is 4. The van der Waals surface area contributed by atoms with Crippen LogP contribution in [0.3, 0.4) is 0 Å². The third kappa shape index (κ3) is 3.86. The number of anilines is 1. The Labute approximate surface area is 124 Å². The highest BCUT2D eigenvalue weighted by Gasteiger charge is 2.25. The number of benzene rings is 1. The molecule has 5 nitrogen and oxygen atoms in total. The Balaban J connectivity index is 3.24. The van der Waals surface area contributed by atoms with Gasteiger partial charge in [-0.25, -0.2) is 8.42 Å². The summed E-state index contributed by atoms with van der Waals surface area (Å²) < 4.78 is 30.2. The fourth-order valence-electron chi connectivity index (χ4n) is 1.68. The average Bonchev–Trinajstić information content (AvgIpc) is 2.40. The van der Waals surface area contributed by atoms with Gasteiger partial charge in [0.15, 0.2) is 0 Å². The SMILES string of the molecule is CCOC(=O)CN(c1cccc(Cl)c1C)S(=O)(=O)CC. The molecule has 0 aromatic heterocycles. The van der Waals surface area contributed by atoms with Crippen LogP contribution in [-0.4, -0.2) is 33.3 Å². The molecule has 0 fully saturated rings. The van der Waals surface area contributed by atoms with Crippen molar-refractivity contribution in [1.29, 1.82) is 0 Å². The number of carbonyl (C=O) groups excluding carboxylic acids is 1. The minimum Gasteiger partial charge on any atom is -0.465 e. The summed E-state index contributed by atoms with van der Waals surface area (Å²) in [5.74, 6) is -0.706. The lowest BCUT2D eigenvalue weighted by molar-refractivity contribution is -0.141. The first-order chi connectivity index (χ1) is 9.33. The highest BCUT2D eigenvalue weighted by Crippen LogP contribution is 2.28. The number of hydrogen-bond donors (Lipinski definition) is 0. The summed E-state index contributed by atoms with van der Waals surface area (Å²) in [6.07, 6.45) is 0. The first-order valence-electron chi connectivity index (χ1n) is 6.24. The van der Waals surface area contributed by atoms with E-state index in [2.05, 4.69) is 0 Å². The molecule has 1 rings (SSSR count). The molecule has 20 heavy (non-hydrogen) atoms. The van der Waals surface area contributed by atoms with Crippen LogP contribution in [0.2, 0.25) is 5.02 Å². The van der Waals surface area contributed by atoms with Crippen molar-refractivity contribution in [1.82, 2.24) is 0 Å². The third-order valence-corrected chi connectivity index (χ3v) is 4.92. The molecule has 0 spiro atoms. The van der Waals surface area contributed by atoms with Crippen LogP contribution in [0.15, 0.2) is 18.2 Å². The lowest BCUT2D eigenvalue weighted by Crippen LogP contribution is -2.38. The molecule has 0 atom stereocenters. The van der Waals surface area contributed by atoms with Crippen molar-refractivity contribution in [3.63, 3.8) is 0 Å². The van der Waals surface area contributed by atoms with Crippen molar-refractivity contribution >= 4 is 33.3 Å². The van der Waals surface area contributed by atoms with Gasteiger partial charge in [0.1, 0.15) is 6.54 Å². The minimum absolute atomic E-state index is 0.113. The molecule has 0 bridgehead atoms. The fourth-order valence-corrected chi connectivity index (χ4v) is 2.96. The smallest absolute Gasteiger partial charge is 0.326 e. The third-order valence-electron chi connectivity index (χ3n) is 2.79. The maximum atomic E-state index is 12.2. The zero-order valence-electron chi connectivity index (χ0n) is 11.7. The maximum absolute atomic E-state index is 12.2. The first kappa shape index (κ1) is 16.8. The second kappa shape index (κ2) is 6.95. The molecule has 0 N–H and O–H groups in total. The van der Waals surface area contributed by atoms with Crippen LogP contribution in [-0.2, 0) is 19.6 Å². The van der Waals surface area contributed by atoms with Crippen molar-refractivity contribution in [3.8, 4) is 0 Å². The Bertz CT molecular complexity index is 586. The van der Waals surface area contributed by atoms with E-state index in [4.69, 9.17) is 16.3 Å². The molecule has 0 aliphatic rings. The summed E-state index contributed by atoms with van der Waals surface area (Å²) in [6, 6.07) is 4.93. The molecule has 1 aromatic carbocycles. The molecule has 0 unspecified atom stereocenters. The van der Waals surface area contributed by atoms with Crippen LogP contribution in [0.25, 0.3) is 0 Å². The van der Waals surface area contributed by atoms with E-state index in [1.807, 2.05) is 0 Å². The van der Waals surface area contributed by atoms with Gasteiger partial charge in [0, 0.05) is 5.02 Å². The van der Waals surface area contributed by atoms with Crippen LogP contribution >= 0.6 is 11.6 Å². The number of nitrogens with zero attached hydrogens (tertiary/aromatic N) is 1. The number of halogens is 1. The van der Waals surface area contributed by atoms with Crippen molar-refractivity contribution in [2.45, 2.75) is 20.8 Å². The lowest BCUT2D eigenvalue weighted by atomic mass is 10.2. The Morgan fingerprint density at radius 3 is 2.55 bits per heavy atom. The summed E-state index contributed by atoms with van der Waals surface area (Å²) in [5.41, 5.74) is 1.00. The molecule has 0 amide bonds. The Hall–Kier alpha value is -1.27. The zero-order valence-corrected chi connectivity index (χ0v) is 13.3. The fraction of sp³-hybridized carbons (Fsp3) is 0.462. The van der Waals surface area contributed by atoms with Crippen LogP contribution < -0.4 is 4.31 Å². The molecule has 1 aromatic rings. The summed E-state index contributed by atoms with van der Waals surface area (Å²) in [7, 11) is -3.59. The number of rotatable bonds is 6. The van der Waals surface area contributed by atoms with E-state index in [1.165, 1.54) is 6.92 Å². The maximum Gasteiger partial charge on any atom is 0.326 e. The molecule has 0 saturated carbocycles. The van der Waals surface area contributed by atoms with Gasteiger partial charge in [-0.1, -0.05) is 17.7 Å². The van der Waals surface area contributed by atoms with Crippen molar-refractivity contribution in [3.05, 3.63) is 28.8 Å². The molecule has 7 heteroatoms. The van der Waals surface area contributed by atoms with Gasteiger partial charge in [-0.3, -0.25) is 9.10 Å². The lowest BCUT2D eigenvalue weighted by Gasteiger charge is -2.24. The largest absolute Gasteiger partial charge is 0.465 e. The van der Waals surface area contributed by atoms with Crippen LogP contribution in [0.5, 0.6) is 0 Å². The first-order valence-corrected chi connectivity index (χ1v) is 8.23. The van der Waals surface area contributed by atoms with E-state index >= 15 is 0 Å². The van der Waals surface area contributed by atoms with Gasteiger partial charge in [-0.05, 0) is 38.5 Å². The van der Waals surface area contributed by atoms with E-state index in [9.17, 15) is 13.2 Å². The number of carbonyl (C=O) groups is 1. The highest BCUT2D eigenvalue weighted by atomic mass is 35.5. The van der Waals surface area contributed by atoms with E-state index < -0.39 is 16.0 Å². The van der Waals surface area contributed by atoms with Crippen LogP contribution in [0.4, 0.5) is 5.69 Å². The quantitative estimate of drug-likeness (QED) is 0.755. The average molecular weight is 320 g/mol. The van der Waals surface area contributed by atoms with Crippen molar-refractivity contribution in [2.75, 3.05) is 23.2 Å². The van der Waals surface area contributed by atoms with Gasteiger partial charge in [-0.15, -0.1) is 0 Å². The van der Waals surface area contributed by atoms with Gasteiger partial charge >= 0.3 is 5.97 Å². The van der Waals surface area contributed by atoms with Gasteiger partial charge < -0.3 is 4.74 Å². The number of sulfonamides is 1. The molecule has 0 aliphatic carbocycles. The molecule has 112 valence electrons. The summed E-state index contributed by atoms with van der Waals surface area (Å²) >= 11 is 6.01. The Morgan fingerprint density at radius 2 is 2.00 bits per heavy atom. The number of esters is 1. The molecular weight excluding hydrogens is 302 g/mol. The van der Waals surface area contributed by atoms with Gasteiger partial charge in [-0.2, -0.15) is 0 Å². The predicted molar refractivity (Wildman–Crippen MR) is 79.6 cm³/mol. The van der Waals surface area contributed by atoms with Crippen LogP contribution in [0, 0.1) is 6.92 Å². The molecule has 0 saturated heterocycles. The van der Waals surface area contributed by atoms with E-state index in [-0.39, 0.29) is 18.9 Å². The van der Waals surface area contributed by atoms with E-state index in [0.717, 1.165) is 4.31 Å². The van der Waals surface area contributed by atoms with E-state index in [0.29, 0.717) is 16.3 Å². The summed E-state index contributed by atoms with van der Waals surface area (Å²) in [5, 5.41) is 0.447. The molecule has 0 heterocycles. The van der Waals surface area contributed by atoms with Gasteiger partial charge in [0.25, 0.3) is 0 Å². The van der Waals surface area contributed by atoms with Crippen LogP contribution in [0.1, 0.15) is 19.4 Å². The van der Waals surface area contributed by atoms with Gasteiger partial charge in [0.05, 0.1) is 18.0 Å². The Morgan fingerprint density at radius 1 is 1.35 bits per heavy atom. The predicted octanol–water partition coefficient (Wildman–Crippen LogP) is 2.37. The second-order valence-corrected chi connectivity index (χ2v) is 6.69. The monoisotopic (exact) mass is 319 g/mol. The van der Waals surface area contributed by atoms with Crippen molar-refractivity contribution < 1.29 is 17.9 Å². The highest BCUT2D eigenvalue weighted by molar-refractivity contribution is 7.92. The molecule has 0 radical (unpaired) electrons. The van der Waals surface area contributed by atoms with Crippen molar-refractivity contribution in [2.24, 2.45) is 0 Å². The van der Waals surface area contributed by atoms with Gasteiger partial charge in [0.2, 0.25) is 10.0 Å².